The zero-order valence-corrected chi connectivity index (χ0v) is 11.5. The Morgan fingerprint density at radius 2 is 1.94 bits per heavy atom. The number of nitrogens with two attached hydrogens (primary N) is 1. The van der Waals surface area contributed by atoms with Gasteiger partial charge in [0.15, 0.2) is 0 Å². The molecular formula is C13H27N3O. The van der Waals surface area contributed by atoms with Crippen LogP contribution in [0.1, 0.15) is 46.5 Å². The standard InChI is InChI=1S/C13H27N3O/c1-11(2)15-13(3,12(14)17)7-10-16-8-5-4-6-9-16/h11,15H,4-10H2,1-3H3,(H2,14,17). The Morgan fingerprint density at radius 1 is 1.35 bits per heavy atom. The van der Waals surface area contributed by atoms with Crippen LogP contribution in [0.5, 0.6) is 0 Å². The SMILES string of the molecule is CC(C)NC(C)(CCN1CCCCC1)C(N)=O. The van der Waals surface area contributed by atoms with E-state index in [4.69, 9.17) is 5.73 Å². The summed E-state index contributed by atoms with van der Waals surface area (Å²) >= 11 is 0. The quantitative estimate of drug-likeness (QED) is 0.732. The van der Waals surface area contributed by atoms with Crippen molar-refractivity contribution in [2.45, 2.75) is 58.0 Å². The molecule has 0 saturated carbocycles. The summed E-state index contributed by atoms with van der Waals surface area (Å²) in [7, 11) is 0. The first-order chi connectivity index (χ1) is 7.94. The van der Waals surface area contributed by atoms with Gasteiger partial charge in [0.05, 0.1) is 5.54 Å². The molecule has 17 heavy (non-hydrogen) atoms. The zero-order chi connectivity index (χ0) is 12.9. The van der Waals surface area contributed by atoms with E-state index in [-0.39, 0.29) is 11.9 Å². The summed E-state index contributed by atoms with van der Waals surface area (Å²) in [6, 6.07) is 0.272. The molecule has 0 aromatic carbocycles. The molecule has 3 N–H and O–H groups in total. The Balaban J connectivity index is 2.45. The summed E-state index contributed by atoms with van der Waals surface area (Å²) in [5.41, 5.74) is 4.94. The van der Waals surface area contributed by atoms with E-state index in [0.29, 0.717) is 0 Å². The first kappa shape index (κ1) is 14.5. The second kappa shape index (κ2) is 6.36. The van der Waals surface area contributed by atoms with E-state index in [0.717, 1.165) is 26.1 Å². The van der Waals surface area contributed by atoms with Gasteiger partial charge in [-0.15, -0.1) is 0 Å². The smallest absolute Gasteiger partial charge is 0.237 e. The molecule has 1 unspecified atom stereocenters. The number of hydrogen-bond acceptors (Lipinski definition) is 3. The average Bonchev–Trinajstić information content (AvgIpc) is 2.27. The predicted octanol–water partition coefficient (Wildman–Crippen LogP) is 1.10. The lowest BCUT2D eigenvalue weighted by Gasteiger charge is -2.33. The minimum absolute atomic E-state index is 0.247. The third kappa shape index (κ3) is 4.64. The van der Waals surface area contributed by atoms with Crippen LogP contribution < -0.4 is 11.1 Å². The lowest BCUT2D eigenvalue weighted by atomic mass is 9.95. The summed E-state index contributed by atoms with van der Waals surface area (Å²) in [5.74, 6) is -0.247. The Hall–Kier alpha value is -0.610. The summed E-state index contributed by atoms with van der Waals surface area (Å²) in [4.78, 5) is 14.0. The molecule has 1 rings (SSSR count). The molecular weight excluding hydrogens is 214 g/mol. The molecule has 100 valence electrons. The van der Waals surface area contributed by atoms with Crippen molar-refractivity contribution < 1.29 is 4.79 Å². The summed E-state index contributed by atoms with van der Waals surface area (Å²) in [5, 5.41) is 3.29. The number of rotatable bonds is 6. The third-order valence-corrected chi connectivity index (χ3v) is 3.53. The van der Waals surface area contributed by atoms with E-state index in [1.165, 1.54) is 19.3 Å². The minimum atomic E-state index is -0.578. The van der Waals surface area contributed by atoms with Gasteiger partial charge in [-0.1, -0.05) is 6.42 Å². The lowest BCUT2D eigenvalue weighted by Crippen LogP contribution is -2.56. The van der Waals surface area contributed by atoms with E-state index in [1.807, 2.05) is 20.8 Å². The number of primary amides is 1. The number of likely N-dealkylation sites (tertiary alicyclic amines) is 1. The monoisotopic (exact) mass is 241 g/mol. The summed E-state index contributed by atoms with van der Waals surface area (Å²) in [6.45, 7) is 9.29. The van der Waals surface area contributed by atoms with Crippen LogP contribution in [0.3, 0.4) is 0 Å². The number of carbonyl (C=O) groups is 1. The number of amides is 1. The maximum Gasteiger partial charge on any atom is 0.237 e. The highest BCUT2D eigenvalue weighted by Crippen LogP contribution is 2.15. The molecule has 1 amide bonds. The average molecular weight is 241 g/mol. The largest absolute Gasteiger partial charge is 0.368 e. The van der Waals surface area contributed by atoms with Gasteiger partial charge in [-0.05, 0) is 53.1 Å². The molecule has 0 spiro atoms. The van der Waals surface area contributed by atoms with Gasteiger partial charge in [-0.3, -0.25) is 4.79 Å². The normalized spacial score (nSPS) is 21.4. The minimum Gasteiger partial charge on any atom is -0.368 e. The maximum atomic E-state index is 11.6. The molecule has 0 aromatic rings. The van der Waals surface area contributed by atoms with E-state index < -0.39 is 5.54 Å². The first-order valence-electron chi connectivity index (χ1n) is 6.74. The van der Waals surface area contributed by atoms with Crippen molar-refractivity contribution >= 4 is 5.91 Å². The molecule has 1 fully saturated rings. The summed E-state index contributed by atoms with van der Waals surface area (Å²) < 4.78 is 0. The predicted molar refractivity (Wildman–Crippen MR) is 70.8 cm³/mol. The number of nitrogens with one attached hydrogen (secondary N) is 1. The highest BCUT2D eigenvalue weighted by Gasteiger charge is 2.31. The van der Waals surface area contributed by atoms with Gasteiger partial charge in [0.1, 0.15) is 0 Å². The molecule has 4 nitrogen and oxygen atoms in total. The van der Waals surface area contributed by atoms with Crippen molar-refractivity contribution in [3.8, 4) is 0 Å². The lowest BCUT2D eigenvalue weighted by molar-refractivity contribution is -0.124. The zero-order valence-electron chi connectivity index (χ0n) is 11.5. The van der Waals surface area contributed by atoms with Crippen LogP contribution in [0, 0.1) is 0 Å². The molecule has 0 aromatic heterocycles. The molecule has 1 aliphatic heterocycles. The van der Waals surface area contributed by atoms with Crippen LogP contribution in [-0.4, -0.2) is 42.0 Å². The van der Waals surface area contributed by atoms with Crippen molar-refractivity contribution in [1.29, 1.82) is 0 Å². The maximum absolute atomic E-state index is 11.6. The fourth-order valence-electron chi connectivity index (χ4n) is 2.47. The van der Waals surface area contributed by atoms with Crippen LogP contribution in [0.15, 0.2) is 0 Å². The molecule has 1 heterocycles. The Bertz CT molecular complexity index is 249. The van der Waals surface area contributed by atoms with E-state index in [2.05, 4.69) is 10.2 Å². The van der Waals surface area contributed by atoms with Gasteiger partial charge >= 0.3 is 0 Å². The van der Waals surface area contributed by atoms with Crippen molar-refractivity contribution in [2.75, 3.05) is 19.6 Å². The van der Waals surface area contributed by atoms with Crippen LogP contribution in [0.4, 0.5) is 0 Å². The molecule has 0 radical (unpaired) electrons. The van der Waals surface area contributed by atoms with Crippen molar-refractivity contribution in [3.63, 3.8) is 0 Å². The second-order valence-corrected chi connectivity index (χ2v) is 5.65. The van der Waals surface area contributed by atoms with E-state index in [1.54, 1.807) is 0 Å². The van der Waals surface area contributed by atoms with Gasteiger partial charge in [0.2, 0.25) is 5.91 Å². The number of hydrogen-bond donors (Lipinski definition) is 2. The molecule has 4 heteroatoms. The molecule has 1 aliphatic rings. The molecule has 1 saturated heterocycles. The van der Waals surface area contributed by atoms with E-state index >= 15 is 0 Å². The van der Waals surface area contributed by atoms with Crippen LogP contribution in [0.25, 0.3) is 0 Å². The molecule has 0 aliphatic carbocycles. The van der Waals surface area contributed by atoms with Gasteiger partial charge in [-0.25, -0.2) is 0 Å². The van der Waals surface area contributed by atoms with Crippen molar-refractivity contribution in [1.82, 2.24) is 10.2 Å². The second-order valence-electron chi connectivity index (χ2n) is 5.65. The fraction of sp³-hybridized carbons (Fsp3) is 0.923. The molecule has 0 bridgehead atoms. The van der Waals surface area contributed by atoms with Gasteiger partial charge in [0, 0.05) is 12.6 Å². The van der Waals surface area contributed by atoms with Crippen LogP contribution in [0.2, 0.25) is 0 Å². The Labute approximate surface area is 105 Å². The van der Waals surface area contributed by atoms with E-state index in [9.17, 15) is 4.79 Å². The number of carbonyl (C=O) groups excluding carboxylic acids is 1. The topological polar surface area (TPSA) is 58.4 Å². The van der Waals surface area contributed by atoms with Crippen LogP contribution >= 0.6 is 0 Å². The van der Waals surface area contributed by atoms with Crippen molar-refractivity contribution in [2.24, 2.45) is 5.73 Å². The molecule has 1 atom stereocenters. The number of nitrogens with zero attached hydrogens (tertiary/aromatic N) is 1. The van der Waals surface area contributed by atoms with Gasteiger partial charge in [-0.2, -0.15) is 0 Å². The van der Waals surface area contributed by atoms with Crippen LogP contribution in [-0.2, 0) is 4.79 Å². The number of piperidine rings is 1. The Morgan fingerprint density at radius 3 is 2.41 bits per heavy atom. The summed E-state index contributed by atoms with van der Waals surface area (Å²) in [6.07, 6.45) is 4.70. The fourth-order valence-corrected chi connectivity index (χ4v) is 2.47. The van der Waals surface area contributed by atoms with Gasteiger partial charge in [0.25, 0.3) is 0 Å². The first-order valence-corrected chi connectivity index (χ1v) is 6.74. The highest BCUT2D eigenvalue weighted by molar-refractivity contribution is 5.84. The highest BCUT2D eigenvalue weighted by atomic mass is 16.1. The Kier molecular flexibility index (Phi) is 5.40. The third-order valence-electron chi connectivity index (χ3n) is 3.53. The van der Waals surface area contributed by atoms with Gasteiger partial charge < -0.3 is 16.0 Å². The van der Waals surface area contributed by atoms with Crippen molar-refractivity contribution in [3.05, 3.63) is 0 Å².